The predicted octanol–water partition coefficient (Wildman–Crippen LogP) is 3.52. The lowest BCUT2D eigenvalue weighted by Gasteiger charge is -2.26. The normalized spacial score (nSPS) is 21.7. The summed E-state index contributed by atoms with van der Waals surface area (Å²) < 4.78 is 5.98. The molecular formula is C14H19NO3S. The van der Waals surface area contributed by atoms with Crippen molar-refractivity contribution in [3.8, 4) is 0 Å². The van der Waals surface area contributed by atoms with E-state index in [0.29, 0.717) is 17.4 Å². The minimum absolute atomic E-state index is 0.309. The summed E-state index contributed by atoms with van der Waals surface area (Å²) in [6.07, 6.45) is 6.37. The number of rotatable bonds is 5. The third-order valence-electron chi connectivity index (χ3n) is 4.03. The van der Waals surface area contributed by atoms with Gasteiger partial charge in [-0.05, 0) is 32.6 Å². The van der Waals surface area contributed by atoms with Crippen LogP contribution < -0.4 is 0 Å². The lowest BCUT2D eigenvalue weighted by atomic mass is 10.0. The Kier molecular flexibility index (Phi) is 3.35. The monoisotopic (exact) mass is 281 g/mol. The van der Waals surface area contributed by atoms with Crippen LogP contribution in [0.1, 0.15) is 71.7 Å². The number of hydrogen-bond donors (Lipinski definition) is 1. The van der Waals surface area contributed by atoms with Gasteiger partial charge in [0.05, 0.1) is 5.69 Å². The molecule has 4 nitrogen and oxygen atoms in total. The zero-order valence-electron chi connectivity index (χ0n) is 11.1. The summed E-state index contributed by atoms with van der Waals surface area (Å²) >= 11 is 1.34. The van der Waals surface area contributed by atoms with Crippen molar-refractivity contribution in [3.05, 3.63) is 15.6 Å². The zero-order valence-corrected chi connectivity index (χ0v) is 12.0. The van der Waals surface area contributed by atoms with E-state index in [-0.39, 0.29) is 5.60 Å². The number of carboxylic acid groups (broad SMARTS) is 1. The molecule has 3 rings (SSSR count). The van der Waals surface area contributed by atoms with Crippen molar-refractivity contribution in [2.75, 3.05) is 6.61 Å². The molecule has 2 aliphatic carbocycles. The van der Waals surface area contributed by atoms with Crippen LogP contribution in [0.15, 0.2) is 0 Å². The third-order valence-corrected chi connectivity index (χ3v) is 5.28. The molecule has 0 saturated heterocycles. The van der Waals surface area contributed by atoms with E-state index >= 15 is 0 Å². The highest BCUT2D eigenvalue weighted by atomic mass is 32.1. The Morgan fingerprint density at radius 3 is 2.68 bits per heavy atom. The number of aromatic nitrogens is 1. The first kappa shape index (κ1) is 13.1. The molecule has 0 aliphatic heterocycles. The van der Waals surface area contributed by atoms with Gasteiger partial charge in [0.1, 0.15) is 15.5 Å². The smallest absolute Gasteiger partial charge is 0.347 e. The highest BCUT2D eigenvalue weighted by Gasteiger charge is 2.42. The molecule has 2 saturated carbocycles. The Morgan fingerprint density at radius 1 is 1.47 bits per heavy atom. The van der Waals surface area contributed by atoms with Gasteiger partial charge in [-0.1, -0.05) is 12.8 Å². The Labute approximate surface area is 116 Å². The van der Waals surface area contributed by atoms with E-state index in [9.17, 15) is 9.90 Å². The van der Waals surface area contributed by atoms with E-state index in [1.807, 2.05) is 6.92 Å². The molecule has 104 valence electrons. The summed E-state index contributed by atoms with van der Waals surface area (Å²) in [6, 6.07) is 0. The summed E-state index contributed by atoms with van der Waals surface area (Å²) in [7, 11) is 0. The van der Waals surface area contributed by atoms with Gasteiger partial charge in [-0.15, -0.1) is 11.3 Å². The summed E-state index contributed by atoms with van der Waals surface area (Å²) in [6.45, 7) is 2.65. The molecule has 1 aromatic heterocycles. The number of nitrogens with zero attached hydrogens (tertiary/aromatic N) is 1. The van der Waals surface area contributed by atoms with E-state index < -0.39 is 5.97 Å². The van der Waals surface area contributed by atoms with Gasteiger partial charge in [-0.2, -0.15) is 0 Å². The molecule has 1 heterocycles. The molecule has 1 N–H and O–H groups in total. The molecule has 2 fully saturated rings. The Bertz CT molecular complexity index is 487. The highest BCUT2D eigenvalue weighted by Crippen LogP contribution is 2.48. The fraction of sp³-hybridized carbons (Fsp3) is 0.714. The van der Waals surface area contributed by atoms with Crippen LogP contribution in [-0.4, -0.2) is 22.7 Å². The first-order chi connectivity index (χ1) is 9.16. The lowest BCUT2D eigenvalue weighted by molar-refractivity contribution is -0.0392. The van der Waals surface area contributed by atoms with Gasteiger partial charge in [0.25, 0.3) is 0 Å². The molecule has 2 aliphatic rings. The maximum atomic E-state index is 11.4. The van der Waals surface area contributed by atoms with Crippen LogP contribution in [-0.2, 0) is 10.3 Å². The van der Waals surface area contributed by atoms with Crippen molar-refractivity contribution in [1.82, 2.24) is 4.98 Å². The quantitative estimate of drug-likeness (QED) is 0.897. The maximum Gasteiger partial charge on any atom is 0.347 e. The van der Waals surface area contributed by atoms with Gasteiger partial charge in [-0.25, -0.2) is 9.78 Å². The van der Waals surface area contributed by atoms with Gasteiger partial charge in [-0.3, -0.25) is 0 Å². The number of thiazole rings is 1. The molecule has 0 amide bonds. The predicted molar refractivity (Wildman–Crippen MR) is 72.8 cm³/mol. The van der Waals surface area contributed by atoms with E-state index in [1.54, 1.807) is 0 Å². The van der Waals surface area contributed by atoms with Crippen LogP contribution in [0, 0.1) is 0 Å². The van der Waals surface area contributed by atoms with Crippen molar-refractivity contribution in [2.24, 2.45) is 0 Å². The average Bonchev–Trinajstić information content (AvgIpc) is 2.94. The molecule has 0 aromatic carbocycles. The second-order valence-electron chi connectivity index (χ2n) is 5.45. The van der Waals surface area contributed by atoms with E-state index in [4.69, 9.17) is 4.74 Å². The fourth-order valence-corrected chi connectivity index (χ4v) is 4.15. The topological polar surface area (TPSA) is 59.4 Å². The summed E-state index contributed by atoms with van der Waals surface area (Å²) in [5, 5.41) is 10.2. The Hall–Kier alpha value is -0.940. The van der Waals surface area contributed by atoms with Crippen LogP contribution >= 0.6 is 11.3 Å². The number of ether oxygens (including phenoxy) is 1. The third kappa shape index (κ3) is 2.30. The van der Waals surface area contributed by atoms with Crippen molar-refractivity contribution >= 4 is 17.3 Å². The van der Waals surface area contributed by atoms with Gasteiger partial charge in [0.2, 0.25) is 0 Å². The summed E-state index contributed by atoms with van der Waals surface area (Å²) in [4.78, 5) is 16.5. The van der Waals surface area contributed by atoms with Crippen molar-refractivity contribution in [3.63, 3.8) is 0 Å². The Morgan fingerprint density at radius 2 is 2.16 bits per heavy atom. The first-order valence-corrected chi connectivity index (χ1v) is 7.86. The van der Waals surface area contributed by atoms with Gasteiger partial charge < -0.3 is 9.84 Å². The van der Waals surface area contributed by atoms with Crippen molar-refractivity contribution in [1.29, 1.82) is 0 Å². The first-order valence-electron chi connectivity index (χ1n) is 7.05. The SMILES string of the molecule is CCOC1(c2nc(C3CC3)c(C(=O)O)s2)CCCC1. The lowest BCUT2D eigenvalue weighted by Crippen LogP contribution is -2.26. The van der Waals surface area contributed by atoms with Crippen LogP contribution in [0.3, 0.4) is 0 Å². The molecule has 0 bridgehead atoms. The Balaban J connectivity index is 1.99. The number of hydrogen-bond acceptors (Lipinski definition) is 4. The molecule has 0 atom stereocenters. The molecule has 0 spiro atoms. The molecule has 0 unspecified atom stereocenters. The van der Waals surface area contributed by atoms with Crippen molar-refractivity contribution in [2.45, 2.75) is 57.0 Å². The summed E-state index contributed by atoms with van der Waals surface area (Å²) in [5.41, 5.74) is 0.495. The fourth-order valence-electron chi connectivity index (χ4n) is 2.96. The molecule has 0 radical (unpaired) electrons. The number of carbonyl (C=O) groups is 1. The molecule has 5 heteroatoms. The van der Waals surface area contributed by atoms with Gasteiger partial charge in [0.15, 0.2) is 0 Å². The minimum Gasteiger partial charge on any atom is -0.477 e. The maximum absolute atomic E-state index is 11.4. The molecule has 19 heavy (non-hydrogen) atoms. The molecule has 1 aromatic rings. The number of carboxylic acids is 1. The van der Waals surface area contributed by atoms with Crippen LogP contribution in [0.4, 0.5) is 0 Å². The zero-order chi connectivity index (χ0) is 13.5. The average molecular weight is 281 g/mol. The van der Waals surface area contributed by atoms with Crippen molar-refractivity contribution < 1.29 is 14.6 Å². The van der Waals surface area contributed by atoms with Gasteiger partial charge >= 0.3 is 5.97 Å². The molecular weight excluding hydrogens is 262 g/mol. The van der Waals surface area contributed by atoms with E-state index in [2.05, 4.69) is 4.98 Å². The van der Waals surface area contributed by atoms with Crippen LogP contribution in [0.2, 0.25) is 0 Å². The second-order valence-corrected chi connectivity index (χ2v) is 6.45. The van der Waals surface area contributed by atoms with E-state index in [1.165, 1.54) is 11.3 Å². The van der Waals surface area contributed by atoms with E-state index in [0.717, 1.165) is 49.2 Å². The largest absolute Gasteiger partial charge is 0.477 e. The number of aromatic carboxylic acids is 1. The van der Waals surface area contributed by atoms with Crippen LogP contribution in [0.25, 0.3) is 0 Å². The summed E-state index contributed by atoms with van der Waals surface area (Å²) in [5.74, 6) is -0.466. The van der Waals surface area contributed by atoms with Crippen LogP contribution in [0.5, 0.6) is 0 Å². The van der Waals surface area contributed by atoms with Gasteiger partial charge in [0, 0.05) is 12.5 Å². The second kappa shape index (κ2) is 4.87. The standard InChI is InChI=1S/C14H19NO3S/c1-2-18-14(7-3-4-8-14)13-15-10(9-5-6-9)11(19-13)12(16)17/h9H,2-8H2,1H3,(H,16,17). The minimum atomic E-state index is -0.838. The highest BCUT2D eigenvalue weighted by molar-refractivity contribution is 7.13.